The molecule has 1 unspecified atom stereocenters. The number of aliphatic hydroxyl groups is 1. The van der Waals surface area contributed by atoms with Gasteiger partial charge in [-0.2, -0.15) is 0 Å². The Morgan fingerprint density at radius 1 is 1.16 bits per heavy atom. The van der Waals surface area contributed by atoms with Crippen molar-refractivity contribution in [3.63, 3.8) is 0 Å². The first-order valence-corrected chi connectivity index (χ1v) is 9.03. The third-order valence-corrected chi connectivity index (χ3v) is 5.83. The number of nitrogens with one attached hydrogen (secondary N) is 2. The molecular formula is C12H22N2O3S2. The van der Waals surface area contributed by atoms with Crippen LogP contribution in [0, 0.1) is 0 Å². The van der Waals surface area contributed by atoms with E-state index in [9.17, 15) is 9.59 Å². The van der Waals surface area contributed by atoms with Crippen molar-refractivity contribution < 1.29 is 14.7 Å². The molecule has 1 atom stereocenters. The van der Waals surface area contributed by atoms with E-state index in [1.807, 2.05) is 21.6 Å². The van der Waals surface area contributed by atoms with Crippen LogP contribution < -0.4 is 10.6 Å². The second-order valence-corrected chi connectivity index (χ2v) is 7.22. The van der Waals surface area contributed by atoms with Crippen molar-refractivity contribution in [2.45, 2.75) is 37.4 Å². The fraction of sp³-hybridized carbons (Fsp3) is 0.833. The zero-order valence-corrected chi connectivity index (χ0v) is 12.7. The molecule has 0 aromatic rings. The summed E-state index contributed by atoms with van der Waals surface area (Å²) in [6.45, 7) is 0.270. The first kappa shape index (κ1) is 16.7. The Morgan fingerprint density at radius 3 is 2.53 bits per heavy atom. The van der Waals surface area contributed by atoms with E-state index in [4.69, 9.17) is 5.11 Å². The topological polar surface area (TPSA) is 78.4 Å². The van der Waals surface area contributed by atoms with Gasteiger partial charge in [-0.05, 0) is 19.3 Å². The van der Waals surface area contributed by atoms with Gasteiger partial charge < -0.3 is 15.7 Å². The second-order valence-electron chi connectivity index (χ2n) is 4.43. The highest BCUT2D eigenvalue weighted by molar-refractivity contribution is 8.77. The Morgan fingerprint density at radius 2 is 1.89 bits per heavy atom. The molecule has 1 aliphatic rings. The van der Waals surface area contributed by atoms with Gasteiger partial charge in [0, 0.05) is 30.5 Å². The van der Waals surface area contributed by atoms with E-state index in [1.165, 1.54) is 18.6 Å². The van der Waals surface area contributed by atoms with Crippen LogP contribution in [-0.2, 0) is 9.59 Å². The number of unbranched alkanes of at least 4 members (excludes halogenated alkanes) is 1. The number of hydrogen-bond donors (Lipinski definition) is 3. The maximum Gasteiger partial charge on any atom is 0.245 e. The highest BCUT2D eigenvalue weighted by Crippen LogP contribution is 2.39. The molecule has 5 nitrogen and oxygen atoms in total. The van der Waals surface area contributed by atoms with Crippen LogP contribution in [0.2, 0.25) is 0 Å². The molecule has 3 N–H and O–H groups in total. The summed E-state index contributed by atoms with van der Waals surface area (Å²) in [7, 11) is 3.93. The Kier molecular flexibility index (Phi) is 9.11. The summed E-state index contributed by atoms with van der Waals surface area (Å²) in [6.07, 6.45) is 5.09. The van der Waals surface area contributed by atoms with E-state index in [0.717, 1.165) is 18.1 Å². The average Bonchev–Trinajstić information content (AvgIpc) is 2.92. The molecular weight excluding hydrogens is 284 g/mol. The number of hydrogen-bond acceptors (Lipinski definition) is 5. The minimum Gasteiger partial charge on any atom is -0.387 e. The van der Waals surface area contributed by atoms with Crippen molar-refractivity contribution in [3.05, 3.63) is 0 Å². The molecule has 1 aliphatic heterocycles. The van der Waals surface area contributed by atoms with Gasteiger partial charge in [-0.1, -0.05) is 28.0 Å². The second kappa shape index (κ2) is 10.4. The smallest absolute Gasteiger partial charge is 0.245 e. The molecule has 0 spiro atoms. The minimum absolute atomic E-state index is 0.0340. The molecule has 2 amide bonds. The first-order chi connectivity index (χ1) is 9.22. The molecule has 19 heavy (non-hydrogen) atoms. The van der Waals surface area contributed by atoms with Gasteiger partial charge in [-0.3, -0.25) is 9.59 Å². The number of carbonyl (C=O) groups is 2. The Hall–Kier alpha value is -0.400. The zero-order valence-electron chi connectivity index (χ0n) is 11.0. The lowest BCUT2D eigenvalue weighted by Crippen LogP contribution is -2.35. The zero-order chi connectivity index (χ0) is 13.9. The number of amides is 2. The summed E-state index contributed by atoms with van der Waals surface area (Å²) in [5.74, 6) is 0.878. The van der Waals surface area contributed by atoms with E-state index in [0.29, 0.717) is 19.5 Å². The van der Waals surface area contributed by atoms with Crippen molar-refractivity contribution in [2.75, 3.05) is 25.4 Å². The van der Waals surface area contributed by atoms with E-state index in [1.54, 1.807) is 0 Å². The third kappa shape index (κ3) is 8.39. The van der Waals surface area contributed by atoms with Crippen molar-refractivity contribution >= 4 is 33.4 Å². The fourth-order valence-corrected chi connectivity index (χ4v) is 4.80. The Balaban J connectivity index is 1.88. The summed E-state index contributed by atoms with van der Waals surface area (Å²) in [5.41, 5.74) is 0. The van der Waals surface area contributed by atoms with Crippen molar-refractivity contribution in [1.82, 2.24) is 10.6 Å². The van der Waals surface area contributed by atoms with Crippen LogP contribution in [0.5, 0.6) is 0 Å². The van der Waals surface area contributed by atoms with Crippen LogP contribution in [0.15, 0.2) is 0 Å². The maximum atomic E-state index is 11.5. The van der Waals surface area contributed by atoms with Gasteiger partial charge in [0.1, 0.15) is 6.61 Å². The normalized spacial score (nSPS) is 18.3. The molecule has 0 aliphatic carbocycles. The molecule has 0 radical (unpaired) electrons. The molecule has 7 heteroatoms. The fourth-order valence-electron chi connectivity index (χ4n) is 1.77. The van der Waals surface area contributed by atoms with E-state index >= 15 is 0 Å². The summed E-state index contributed by atoms with van der Waals surface area (Å²) >= 11 is 0. The van der Waals surface area contributed by atoms with Crippen LogP contribution in [-0.4, -0.2) is 47.6 Å². The van der Waals surface area contributed by atoms with Crippen molar-refractivity contribution in [3.8, 4) is 0 Å². The largest absolute Gasteiger partial charge is 0.387 e. The van der Waals surface area contributed by atoms with Crippen molar-refractivity contribution in [2.24, 2.45) is 0 Å². The summed E-state index contributed by atoms with van der Waals surface area (Å²) in [6, 6.07) is 0. The quantitative estimate of drug-likeness (QED) is 0.436. The van der Waals surface area contributed by atoms with Gasteiger partial charge in [-0.25, -0.2) is 0 Å². The summed E-state index contributed by atoms with van der Waals surface area (Å²) < 4.78 is 0. The predicted octanol–water partition coefficient (Wildman–Crippen LogP) is 0.925. The molecule has 1 rings (SSSR count). The van der Waals surface area contributed by atoms with Gasteiger partial charge in [0.15, 0.2) is 0 Å². The molecule has 0 aromatic carbocycles. The van der Waals surface area contributed by atoms with Gasteiger partial charge in [-0.15, -0.1) is 0 Å². The van der Waals surface area contributed by atoms with E-state index in [2.05, 4.69) is 10.6 Å². The lowest BCUT2D eigenvalue weighted by Gasteiger charge is -2.08. The van der Waals surface area contributed by atoms with Gasteiger partial charge >= 0.3 is 0 Å². The highest BCUT2D eigenvalue weighted by atomic mass is 33.1. The van der Waals surface area contributed by atoms with Gasteiger partial charge in [0.25, 0.3) is 0 Å². The van der Waals surface area contributed by atoms with Gasteiger partial charge in [0.05, 0.1) is 0 Å². The SMILES string of the molecule is O=C(CO)NCCNC(=O)CCCCC1CCSS1. The number of carbonyl (C=O) groups excluding carboxylic acids is 2. The van der Waals surface area contributed by atoms with E-state index < -0.39 is 12.5 Å². The predicted molar refractivity (Wildman–Crippen MR) is 80.0 cm³/mol. The van der Waals surface area contributed by atoms with Crippen LogP contribution in [0.3, 0.4) is 0 Å². The van der Waals surface area contributed by atoms with Crippen LogP contribution in [0.1, 0.15) is 32.1 Å². The molecule has 1 heterocycles. The minimum atomic E-state index is -0.509. The molecule has 0 aromatic heterocycles. The van der Waals surface area contributed by atoms with Gasteiger partial charge in [0.2, 0.25) is 11.8 Å². The molecule has 0 saturated carbocycles. The van der Waals surface area contributed by atoms with Crippen LogP contribution in [0.4, 0.5) is 0 Å². The highest BCUT2D eigenvalue weighted by Gasteiger charge is 2.15. The lowest BCUT2D eigenvalue weighted by atomic mass is 10.1. The monoisotopic (exact) mass is 306 g/mol. The summed E-state index contributed by atoms with van der Waals surface area (Å²) in [5, 5.41) is 14.5. The number of aliphatic hydroxyl groups excluding tert-OH is 1. The number of rotatable bonds is 9. The van der Waals surface area contributed by atoms with Crippen LogP contribution >= 0.6 is 21.6 Å². The standard InChI is InChI=1S/C12H22N2O3S2/c15-9-12(17)14-7-6-13-11(16)4-2-1-3-10-5-8-18-19-10/h10,15H,1-9H2,(H,13,16)(H,14,17). The molecule has 1 saturated heterocycles. The van der Waals surface area contributed by atoms with Crippen molar-refractivity contribution in [1.29, 1.82) is 0 Å². The Bertz CT molecular complexity index is 284. The lowest BCUT2D eigenvalue weighted by molar-refractivity contribution is -0.124. The Labute approximate surface area is 122 Å². The molecule has 110 valence electrons. The first-order valence-electron chi connectivity index (χ1n) is 6.65. The molecule has 0 bridgehead atoms. The summed E-state index contributed by atoms with van der Waals surface area (Å²) in [4.78, 5) is 22.2. The maximum absolute atomic E-state index is 11.5. The van der Waals surface area contributed by atoms with Crippen LogP contribution in [0.25, 0.3) is 0 Å². The average molecular weight is 306 g/mol. The molecule has 1 fully saturated rings. The van der Waals surface area contributed by atoms with E-state index in [-0.39, 0.29) is 5.91 Å². The third-order valence-electron chi connectivity index (χ3n) is 2.82.